The third kappa shape index (κ3) is 9.79. The summed E-state index contributed by atoms with van der Waals surface area (Å²) in [6.07, 6.45) is 12.4. The minimum atomic E-state index is 0.119. The second-order valence-corrected chi connectivity index (χ2v) is 8.52. The molecule has 0 N–H and O–H groups in total. The maximum atomic E-state index is 11.5. The van der Waals surface area contributed by atoms with Crippen LogP contribution in [0.2, 0.25) is 0 Å². The fourth-order valence-corrected chi connectivity index (χ4v) is 3.43. The quantitative estimate of drug-likeness (QED) is 0.366. The average Bonchev–Trinajstić information content (AvgIpc) is 2.43. The first-order chi connectivity index (χ1) is 10.6. The maximum absolute atomic E-state index is 11.5. The van der Waals surface area contributed by atoms with Gasteiger partial charge in [-0.2, -0.15) is 0 Å². The Bertz CT molecular complexity index is 425. The van der Waals surface area contributed by atoms with Crippen molar-refractivity contribution in [2.75, 3.05) is 0 Å². The number of Topliss-reactive ketones (excluding diaryl/α,β-unsaturated/α-hetero) is 1. The lowest BCUT2D eigenvalue weighted by atomic mass is 9.75. The van der Waals surface area contributed by atoms with Crippen LogP contribution in [0, 0.1) is 10.8 Å². The van der Waals surface area contributed by atoms with Gasteiger partial charge in [0.15, 0.2) is 0 Å². The first kappa shape index (κ1) is 22.1. The van der Waals surface area contributed by atoms with Crippen molar-refractivity contribution >= 4 is 5.78 Å². The van der Waals surface area contributed by atoms with Gasteiger partial charge in [-0.05, 0) is 64.2 Å². The fourth-order valence-electron chi connectivity index (χ4n) is 3.43. The van der Waals surface area contributed by atoms with Crippen LogP contribution in [0.4, 0.5) is 0 Å². The summed E-state index contributed by atoms with van der Waals surface area (Å²) in [5, 5.41) is 0. The molecule has 0 aromatic carbocycles. The van der Waals surface area contributed by atoms with E-state index < -0.39 is 0 Å². The number of hydrogen-bond acceptors (Lipinski definition) is 1. The van der Waals surface area contributed by atoms with Gasteiger partial charge in [-0.15, -0.1) is 0 Å². The summed E-state index contributed by atoms with van der Waals surface area (Å²) in [6.45, 7) is 17.5. The highest BCUT2D eigenvalue weighted by molar-refractivity contribution is 5.76. The zero-order valence-corrected chi connectivity index (χ0v) is 17.0. The van der Waals surface area contributed by atoms with Gasteiger partial charge in [0.25, 0.3) is 0 Å². The summed E-state index contributed by atoms with van der Waals surface area (Å²) in [6, 6.07) is 0. The van der Waals surface area contributed by atoms with Crippen molar-refractivity contribution in [3.05, 3.63) is 23.3 Å². The van der Waals surface area contributed by atoms with Gasteiger partial charge in [-0.1, -0.05) is 63.8 Å². The molecule has 0 aromatic heterocycles. The van der Waals surface area contributed by atoms with E-state index in [1.54, 1.807) is 6.92 Å². The SMILES string of the molecule is CCCC(C)(CC=C(C)C)CC(C)=CCC(C)(CC)CC(C)=O. The zero-order chi connectivity index (χ0) is 18.1. The number of carbonyl (C=O) groups is 1. The van der Waals surface area contributed by atoms with Crippen LogP contribution in [-0.4, -0.2) is 5.78 Å². The molecular weight excluding hydrogens is 280 g/mol. The molecule has 0 saturated carbocycles. The molecule has 134 valence electrons. The highest BCUT2D eigenvalue weighted by Crippen LogP contribution is 2.37. The largest absolute Gasteiger partial charge is 0.300 e. The monoisotopic (exact) mass is 320 g/mol. The lowest BCUT2D eigenvalue weighted by molar-refractivity contribution is -0.119. The molecule has 0 spiro atoms. The van der Waals surface area contributed by atoms with Crippen molar-refractivity contribution in [1.82, 2.24) is 0 Å². The molecule has 1 heteroatoms. The van der Waals surface area contributed by atoms with Gasteiger partial charge in [-0.25, -0.2) is 0 Å². The first-order valence-electron chi connectivity index (χ1n) is 9.34. The molecule has 0 rings (SSSR count). The van der Waals surface area contributed by atoms with Crippen LogP contribution >= 0.6 is 0 Å². The fraction of sp³-hybridized carbons (Fsp3) is 0.773. The van der Waals surface area contributed by atoms with Gasteiger partial charge in [0.1, 0.15) is 5.78 Å². The Morgan fingerprint density at radius 3 is 1.87 bits per heavy atom. The van der Waals surface area contributed by atoms with Gasteiger partial charge in [-0.3, -0.25) is 0 Å². The molecule has 1 nitrogen and oxygen atoms in total. The van der Waals surface area contributed by atoms with Crippen molar-refractivity contribution in [3.8, 4) is 0 Å². The van der Waals surface area contributed by atoms with E-state index in [0.29, 0.717) is 17.6 Å². The van der Waals surface area contributed by atoms with Crippen LogP contribution in [0.15, 0.2) is 23.3 Å². The Morgan fingerprint density at radius 2 is 1.43 bits per heavy atom. The van der Waals surface area contributed by atoms with Crippen molar-refractivity contribution < 1.29 is 4.79 Å². The molecule has 23 heavy (non-hydrogen) atoms. The number of ketones is 1. The van der Waals surface area contributed by atoms with Gasteiger partial charge in [0, 0.05) is 6.42 Å². The number of allylic oxidation sites excluding steroid dienone is 4. The number of carbonyl (C=O) groups excluding carboxylic acids is 1. The van der Waals surface area contributed by atoms with Crippen LogP contribution in [0.1, 0.15) is 100 Å². The Morgan fingerprint density at radius 1 is 0.870 bits per heavy atom. The van der Waals surface area contributed by atoms with Gasteiger partial charge in [0.05, 0.1) is 0 Å². The van der Waals surface area contributed by atoms with Crippen molar-refractivity contribution in [2.24, 2.45) is 10.8 Å². The van der Waals surface area contributed by atoms with E-state index in [0.717, 1.165) is 25.7 Å². The molecule has 2 unspecified atom stereocenters. The number of hydrogen-bond donors (Lipinski definition) is 0. The molecule has 0 amide bonds. The second-order valence-electron chi connectivity index (χ2n) is 8.52. The number of rotatable bonds is 11. The third-order valence-electron chi connectivity index (χ3n) is 5.03. The van der Waals surface area contributed by atoms with E-state index in [2.05, 4.69) is 60.6 Å². The Balaban J connectivity index is 4.93. The minimum absolute atomic E-state index is 0.119. The molecule has 0 aliphatic heterocycles. The van der Waals surface area contributed by atoms with E-state index in [-0.39, 0.29) is 5.41 Å². The van der Waals surface area contributed by atoms with E-state index >= 15 is 0 Å². The molecule has 0 radical (unpaired) electrons. The molecular formula is C22H40O. The van der Waals surface area contributed by atoms with Gasteiger partial charge < -0.3 is 4.79 Å². The highest BCUT2D eigenvalue weighted by Gasteiger charge is 2.25. The minimum Gasteiger partial charge on any atom is -0.300 e. The molecule has 0 aliphatic carbocycles. The van der Waals surface area contributed by atoms with E-state index in [9.17, 15) is 4.79 Å². The summed E-state index contributed by atoms with van der Waals surface area (Å²) in [7, 11) is 0. The predicted octanol–water partition coefficient (Wildman–Crippen LogP) is 7.27. The lowest BCUT2D eigenvalue weighted by Crippen LogP contribution is -2.19. The molecule has 0 aromatic rings. The van der Waals surface area contributed by atoms with E-state index in [4.69, 9.17) is 0 Å². The van der Waals surface area contributed by atoms with Gasteiger partial charge >= 0.3 is 0 Å². The van der Waals surface area contributed by atoms with Crippen LogP contribution in [0.5, 0.6) is 0 Å². The lowest BCUT2D eigenvalue weighted by Gasteiger charge is -2.30. The molecule has 0 heterocycles. The van der Waals surface area contributed by atoms with Crippen LogP contribution in [-0.2, 0) is 4.79 Å². The van der Waals surface area contributed by atoms with Crippen LogP contribution in [0.25, 0.3) is 0 Å². The third-order valence-corrected chi connectivity index (χ3v) is 5.03. The van der Waals surface area contributed by atoms with Crippen LogP contribution < -0.4 is 0 Å². The summed E-state index contributed by atoms with van der Waals surface area (Å²) in [5.41, 5.74) is 3.37. The van der Waals surface area contributed by atoms with Crippen LogP contribution in [0.3, 0.4) is 0 Å². The van der Waals surface area contributed by atoms with Crippen molar-refractivity contribution in [3.63, 3.8) is 0 Å². The Labute approximate surface area is 145 Å². The van der Waals surface area contributed by atoms with E-state index in [1.807, 2.05) is 0 Å². The normalized spacial score (nSPS) is 17.3. The zero-order valence-electron chi connectivity index (χ0n) is 17.0. The Kier molecular flexibility index (Phi) is 9.73. The van der Waals surface area contributed by atoms with E-state index in [1.165, 1.54) is 24.0 Å². The van der Waals surface area contributed by atoms with Gasteiger partial charge in [0.2, 0.25) is 0 Å². The average molecular weight is 321 g/mol. The standard InChI is InChI=1S/C22H40O/c1-9-13-22(8,14-11-18(3)4)16-19(5)12-15-21(7,10-2)17-20(6)23/h11-12H,9-10,13-17H2,1-8H3. The highest BCUT2D eigenvalue weighted by atomic mass is 16.1. The van der Waals surface area contributed by atoms with Crippen molar-refractivity contribution in [2.45, 2.75) is 100 Å². The summed E-state index contributed by atoms with van der Waals surface area (Å²) >= 11 is 0. The molecule has 0 aliphatic rings. The van der Waals surface area contributed by atoms with Crippen molar-refractivity contribution in [1.29, 1.82) is 0 Å². The summed E-state index contributed by atoms with van der Waals surface area (Å²) < 4.78 is 0. The molecule has 0 bridgehead atoms. The molecule has 0 fully saturated rings. The topological polar surface area (TPSA) is 17.1 Å². The maximum Gasteiger partial charge on any atom is 0.130 e. The summed E-state index contributed by atoms with van der Waals surface area (Å²) in [5.74, 6) is 0.305. The second kappa shape index (κ2) is 10.1. The Hall–Kier alpha value is -0.850. The smallest absolute Gasteiger partial charge is 0.130 e. The first-order valence-corrected chi connectivity index (χ1v) is 9.34. The summed E-state index contributed by atoms with van der Waals surface area (Å²) in [4.78, 5) is 11.5. The predicted molar refractivity (Wildman–Crippen MR) is 104 cm³/mol. The molecule has 0 saturated heterocycles. The molecule has 2 atom stereocenters.